The van der Waals surface area contributed by atoms with Gasteiger partial charge >= 0.3 is 0 Å². The average molecular weight is 451 g/mol. The topological polar surface area (TPSA) is 73.0 Å². The number of hydrogen-bond acceptors (Lipinski definition) is 4. The highest BCUT2D eigenvalue weighted by Gasteiger charge is 2.24. The zero-order valence-corrected chi connectivity index (χ0v) is 20.1. The number of benzene rings is 2. The molecule has 2 aromatic carbocycles. The van der Waals surface area contributed by atoms with E-state index in [-0.39, 0.29) is 30.8 Å². The van der Waals surface area contributed by atoms with E-state index in [9.17, 15) is 14.4 Å². The highest BCUT2D eigenvalue weighted by Crippen LogP contribution is 2.19. The highest BCUT2D eigenvalue weighted by molar-refractivity contribution is 5.95. The second-order valence-corrected chi connectivity index (χ2v) is 8.88. The molecule has 1 N–H and O–H groups in total. The molecule has 2 aromatic rings. The lowest BCUT2D eigenvalue weighted by molar-refractivity contribution is -0.136. The quantitative estimate of drug-likeness (QED) is 0.703. The van der Waals surface area contributed by atoms with Gasteiger partial charge in [0, 0.05) is 38.9 Å². The van der Waals surface area contributed by atoms with Crippen molar-refractivity contribution in [2.45, 2.75) is 27.2 Å². The minimum absolute atomic E-state index is 0.00160. The monoisotopic (exact) mass is 450 g/mol. The minimum Gasteiger partial charge on any atom is -0.340 e. The maximum atomic E-state index is 12.6. The van der Waals surface area contributed by atoms with Gasteiger partial charge in [0.1, 0.15) is 0 Å². The van der Waals surface area contributed by atoms with E-state index < -0.39 is 0 Å². The van der Waals surface area contributed by atoms with Crippen molar-refractivity contribution in [3.63, 3.8) is 0 Å². The average Bonchev–Trinajstić information content (AvgIpc) is 2.78. The van der Waals surface area contributed by atoms with Crippen LogP contribution in [0.3, 0.4) is 0 Å². The van der Waals surface area contributed by atoms with Crippen LogP contribution in [0.25, 0.3) is 0 Å². The van der Waals surface area contributed by atoms with Gasteiger partial charge in [0.2, 0.25) is 17.7 Å². The minimum atomic E-state index is -0.213. The van der Waals surface area contributed by atoms with E-state index in [1.165, 1.54) is 10.5 Å². The van der Waals surface area contributed by atoms with Crippen LogP contribution in [0.4, 0.5) is 5.69 Å². The Balaban J connectivity index is 1.42. The first kappa shape index (κ1) is 24.5. The van der Waals surface area contributed by atoms with Gasteiger partial charge in [-0.3, -0.25) is 19.3 Å². The van der Waals surface area contributed by atoms with Crippen molar-refractivity contribution in [2.75, 3.05) is 51.6 Å². The summed E-state index contributed by atoms with van der Waals surface area (Å²) in [4.78, 5) is 43.0. The van der Waals surface area contributed by atoms with Crippen LogP contribution >= 0.6 is 0 Å². The molecule has 0 unspecified atom stereocenters. The largest absolute Gasteiger partial charge is 0.340 e. The van der Waals surface area contributed by atoms with Gasteiger partial charge in [-0.25, -0.2) is 0 Å². The number of carbonyl (C=O) groups is 3. The van der Waals surface area contributed by atoms with Crippen LogP contribution in [0.5, 0.6) is 0 Å². The van der Waals surface area contributed by atoms with E-state index in [2.05, 4.69) is 5.32 Å². The number of aryl methyl sites for hydroxylation is 3. The molecule has 0 saturated carbocycles. The SMILES string of the molecule is Cc1ccc(CC(=O)N2CCN(CC(=O)N(C)CC(=O)Nc3c(C)cccc3C)CC2)cc1. The summed E-state index contributed by atoms with van der Waals surface area (Å²) >= 11 is 0. The predicted molar refractivity (Wildman–Crippen MR) is 130 cm³/mol. The van der Waals surface area contributed by atoms with Gasteiger partial charge in [-0.2, -0.15) is 0 Å². The molecule has 33 heavy (non-hydrogen) atoms. The first-order chi connectivity index (χ1) is 15.7. The second-order valence-electron chi connectivity index (χ2n) is 8.88. The normalized spacial score (nSPS) is 14.1. The molecule has 1 aliphatic heterocycles. The number of likely N-dealkylation sites (N-methyl/N-ethyl adjacent to an activating group) is 1. The number of rotatable bonds is 7. The van der Waals surface area contributed by atoms with Gasteiger partial charge in [-0.15, -0.1) is 0 Å². The van der Waals surface area contributed by atoms with Crippen LogP contribution < -0.4 is 5.32 Å². The van der Waals surface area contributed by atoms with Crippen LogP contribution in [0.15, 0.2) is 42.5 Å². The van der Waals surface area contributed by atoms with Crippen LogP contribution in [0, 0.1) is 20.8 Å². The Morgan fingerprint density at radius 1 is 0.909 bits per heavy atom. The molecule has 1 fully saturated rings. The Morgan fingerprint density at radius 3 is 2.12 bits per heavy atom. The summed E-state index contributed by atoms with van der Waals surface area (Å²) in [6.07, 6.45) is 0.400. The summed E-state index contributed by atoms with van der Waals surface area (Å²) in [5.41, 5.74) is 4.98. The number of anilines is 1. The van der Waals surface area contributed by atoms with Gasteiger partial charge < -0.3 is 15.1 Å². The molecule has 0 radical (unpaired) electrons. The molecule has 3 rings (SSSR count). The molecule has 7 heteroatoms. The van der Waals surface area contributed by atoms with E-state index >= 15 is 0 Å². The van der Waals surface area contributed by atoms with Gasteiger partial charge in [0.25, 0.3) is 0 Å². The zero-order valence-electron chi connectivity index (χ0n) is 20.1. The van der Waals surface area contributed by atoms with Crippen molar-refractivity contribution >= 4 is 23.4 Å². The third-order valence-corrected chi connectivity index (χ3v) is 6.11. The van der Waals surface area contributed by atoms with Crippen LogP contribution in [-0.4, -0.2) is 78.7 Å². The summed E-state index contributed by atoms with van der Waals surface area (Å²) < 4.78 is 0. The Hall–Kier alpha value is -3.19. The molecule has 1 heterocycles. The molecule has 1 aliphatic rings. The molecule has 0 bridgehead atoms. The Kier molecular flexibility index (Phi) is 8.22. The second kappa shape index (κ2) is 11.1. The molecule has 7 nitrogen and oxygen atoms in total. The molecule has 176 valence electrons. The van der Waals surface area contributed by atoms with E-state index in [1.807, 2.05) is 73.0 Å². The first-order valence-electron chi connectivity index (χ1n) is 11.4. The third kappa shape index (κ3) is 6.89. The lowest BCUT2D eigenvalue weighted by Crippen LogP contribution is -2.52. The number of piperazine rings is 1. The lowest BCUT2D eigenvalue weighted by atomic mass is 10.1. The predicted octanol–water partition coefficient (Wildman–Crippen LogP) is 2.40. The summed E-state index contributed by atoms with van der Waals surface area (Å²) in [5.74, 6) is -0.203. The molecule has 0 spiro atoms. The molecule has 0 aliphatic carbocycles. The van der Waals surface area contributed by atoms with Crippen molar-refractivity contribution in [1.29, 1.82) is 0 Å². The van der Waals surface area contributed by atoms with Gasteiger partial charge in [0.15, 0.2) is 0 Å². The summed E-state index contributed by atoms with van der Waals surface area (Å²) in [7, 11) is 1.65. The van der Waals surface area contributed by atoms with Crippen LogP contribution in [0.2, 0.25) is 0 Å². The number of hydrogen-bond donors (Lipinski definition) is 1. The number of nitrogens with one attached hydrogen (secondary N) is 1. The highest BCUT2D eigenvalue weighted by atomic mass is 16.2. The van der Waals surface area contributed by atoms with E-state index in [0.29, 0.717) is 32.6 Å². The van der Waals surface area contributed by atoms with Crippen LogP contribution in [0.1, 0.15) is 22.3 Å². The van der Waals surface area contributed by atoms with E-state index in [1.54, 1.807) is 7.05 Å². The smallest absolute Gasteiger partial charge is 0.243 e. The standard InChI is InChI=1S/C26H34N4O3/c1-19-8-10-22(11-9-19)16-24(32)30-14-12-29(13-15-30)18-25(33)28(4)17-23(31)27-26-20(2)6-5-7-21(26)3/h5-11H,12-18H2,1-4H3,(H,27,31). The van der Waals surface area contributed by atoms with Gasteiger partial charge in [0.05, 0.1) is 19.5 Å². The van der Waals surface area contributed by atoms with Crippen molar-refractivity contribution in [1.82, 2.24) is 14.7 Å². The maximum Gasteiger partial charge on any atom is 0.243 e. The summed E-state index contributed by atoms with van der Waals surface area (Å²) in [5, 5.41) is 2.92. The fraction of sp³-hybridized carbons (Fsp3) is 0.423. The summed E-state index contributed by atoms with van der Waals surface area (Å²) in [6, 6.07) is 13.9. The molecule has 1 saturated heterocycles. The molecule has 3 amide bonds. The van der Waals surface area contributed by atoms with Gasteiger partial charge in [-0.05, 0) is 37.5 Å². The number of amides is 3. The maximum absolute atomic E-state index is 12.6. The summed E-state index contributed by atoms with van der Waals surface area (Å²) in [6.45, 7) is 8.67. The van der Waals surface area contributed by atoms with E-state index in [0.717, 1.165) is 22.4 Å². The van der Waals surface area contributed by atoms with Crippen molar-refractivity contribution in [3.8, 4) is 0 Å². The van der Waals surface area contributed by atoms with Crippen LogP contribution in [-0.2, 0) is 20.8 Å². The molecule has 0 atom stereocenters. The zero-order chi connectivity index (χ0) is 24.0. The first-order valence-corrected chi connectivity index (χ1v) is 11.4. The van der Waals surface area contributed by atoms with Crippen molar-refractivity contribution in [2.24, 2.45) is 0 Å². The number of carbonyl (C=O) groups excluding carboxylic acids is 3. The Morgan fingerprint density at radius 2 is 1.52 bits per heavy atom. The fourth-order valence-corrected chi connectivity index (χ4v) is 3.95. The number of nitrogens with zero attached hydrogens (tertiary/aromatic N) is 3. The van der Waals surface area contributed by atoms with Gasteiger partial charge in [-0.1, -0.05) is 48.0 Å². The van der Waals surface area contributed by atoms with E-state index in [4.69, 9.17) is 0 Å². The Bertz CT molecular complexity index is 975. The lowest BCUT2D eigenvalue weighted by Gasteiger charge is -2.35. The number of para-hydroxylation sites is 1. The molecular formula is C26H34N4O3. The molecular weight excluding hydrogens is 416 g/mol. The van der Waals surface area contributed by atoms with Crippen molar-refractivity contribution < 1.29 is 14.4 Å². The fourth-order valence-electron chi connectivity index (χ4n) is 3.95. The Labute approximate surface area is 196 Å². The third-order valence-electron chi connectivity index (χ3n) is 6.11. The van der Waals surface area contributed by atoms with Crippen molar-refractivity contribution in [3.05, 3.63) is 64.7 Å². The molecule has 0 aromatic heterocycles.